The van der Waals surface area contributed by atoms with Crippen molar-refractivity contribution in [1.29, 1.82) is 0 Å². The van der Waals surface area contributed by atoms with Gasteiger partial charge in [0.1, 0.15) is 5.75 Å². The number of carbonyl (C=O) groups excluding carboxylic acids is 1. The van der Waals surface area contributed by atoms with Crippen LogP contribution in [0.25, 0.3) is 10.8 Å². The van der Waals surface area contributed by atoms with Gasteiger partial charge in [-0.3, -0.25) is 4.79 Å². The lowest BCUT2D eigenvalue weighted by Crippen LogP contribution is -2.27. The van der Waals surface area contributed by atoms with Crippen LogP contribution >= 0.6 is 0 Å². The van der Waals surface area contributed by atoms with Gasteiger partial charge in [-0.15, -0.1) is 0 Å². The maximum atomic E-state index is 12.2. The van der Waals surface area contributed by atoms with Crippen LogP contribution in [0, 0.1) is 0 Å². The van der Waals surface area contributed by atoms with Gasteiger partial charge < -0.3 is 15.4 Å². The smallest absolute Gasteiger partial charge is 0.238 e. The summed E-state index contributed by atoms with van der Waals surface area (Å²) in [5.74, 6) is 0.753. The topological polar surface area (TPSA) is 50.4 Å². The van der Waals surface area contributed by atoms with Gasteiger partial charge in [-0.05, 0) is 29.1 Å². The van der Waals surface area contributed by atoms with Gasteiger partial charge in [-0.2, -0.15) is 0 Å². The molecule has 3 rings (SSSR count). The highest BCUT2D eigenvalue weighted by molar-refractivity contribution is 6.02. The van der Waals surface area contributed by atoms with Crippen molar-refractivity contribution in [3.63, 3.8) is 0 Å². The summed E-state index contributed by atoms with van der Waals surface area (Å²) in [5.41, 5.74) is 1.91. The van der Waals surface area contributed by atoms with Crippen molar-refractivity contribution in [2.75, 3.05) is 19.0 Å². The van der Waals surface area contributed by atoms with Gasteiger partial charge in [0.15, 0.2) is 0 Å². The van der Waals surface area contributed by atoms with Crippen molar-refractivity contribution in [1.82, 2.24) is 5.32 Å². The van der Waals surface area contributed by atoms with Crippen LogP contribution in [-0.2, 0) is 11.3 Å². The van der Waals surface area contributed by atoms with E-state index in [4.69, 9.17) is 4.74 Å². The third kappa shape index (κ3) is 3.91. The van der Waals surface area contributed by atoms with Gasteiger partial charge in [0.2, 0.25) is 5.91 Å². The van der Waals surface area contributed by atoms with Crippen molar-refractivity contribution >= 4 is 22.4 Å². The van der Waals surface area contributed by atoms with Gasteiger partial charge in [0.05, 0.1) is 13.7 Å². The first kappa shape index (κ1) is 16.0. The van der Waals surface area contributed by atoms with E-state index >= 15 is 0 Å². The summed E-state index contributed by atoms with van der Waals surface area (Å²) in [6.07, 6.45) is 0. The third-order valence-corrected chi connectivity index (χ3v) is 3.81. The van der Waals surface area contributed by atoms with Gasteiger partial charge in [0, 0.05) is 17.6 Å². The summed E-state index contributed by atoms with van der Waals surface area (Å²) >= 11 is 0. The summed E-state index contributed by atoms with van der Waals surface area (Å²) in [7, 11) is 1.64. The Morgan fingerprint density at radius 2 is 1.79 bits per heavy atom. The first-order valence-corrected chi connectivity index (χ1v) is 7.87. The van der Waals surface area contributed by atoms with Crippen molar-refractivity contribution in [2.24, 2.45) is 0 Å². The van der Waals surface area contributed by atoms with Crippen molar-refractivity contribution in [3.05, 3.63) is 72.3 Å². The summed E-state index contributed by atoms with van der Waals surface area (Å²) < 4.78 is 5.20. The molecule has 0 heterocycles. The Labute approximate surface area is 141 Å². The molecule has 0 aliphatic heterocycles. The monoisotopic (exact) mass is 320 g/mol. The quantitative estimate of drug-likeness (QED) is 0.730. The van der Waals surface area contributed by atoms with E-state index in [0.717, 1.165) is 27.8 Å². The van der Waals surface area contributed by atoms with E-state index in [0.29, 0.717) is 6.54 Å². The van der Waals surface area contributed by atoms with E-state index in [9.17, 15) is 4.79 Å². The number of nitrogens with one attached hydrogen (secondary N) is 2. The molecule has 0 radical (unpaired) electrons. The SMILES string of the molecule is COc1cccc(CNCC(=O)Nc2cccc3ccccc23)c1. The molecule has 4 nitrogen and oxygen atoms in total. The highest BCUT2D eigenvalue weighted by atomic mass is 16.5. The van der Waals surface area contributed by atoms with Crippen molar-refractivity contribution in [3.8, 4) is 5.75 Å². The molecular weight excluding hydrogens is 300 g/mol. The number of hydrogen-bond acceptors (Lipinski definition) is 3. The van der Waals surface area contributed by atoms with Gasteiger partial charge in [-0.25, -0.2) is 0 Å². The summed E-state index contributed by atoms with van der Waals surface area (Å²) in [4.78, 5) is 12.2. The van der Waals surface area contributed by atoms with Crippen LogP contribution in [0.4, 0.5) is 5.69 Å². The second-order valence-electron chi connectivity index (χ2n) is 5.53. The number of rotatable bonds is 6. The number of ether oxygens (including phenoxy) is 1. The molecule has 2 N–H and O–H groups in total. The van der Waals surface area contributed by atoms with E-state index in [1.54, 1.807) is 7.11 Å². The van der Waals surface area contributed by atoms with E-state index in [1.165, 1.54) is 0 Å². The molecular formula is C20H20N2O2. The van der Waals surface area contributed by atoms with Gasteiger partial charge in [-0.1, -0.05) is 48.5 Å². The van der Waals surface area contributed by atoms with Crippen LogP contribution in [0.5, 0.6) is 5.75 Å². The van der Waals surface area contributed by atoms with Crippen LogP contribution in [0.3, 0.4) is 0 Å². The Morgan fingerprint density at radius 1 is 1.00 bits per heavy atom. The lowest BCUT2D eigenvalue weighted by atomic mass is 10.1. The fraction of sp³-hybridized carbons (Fsp3) is 0.150. The number of anilines is 1. The Morgan fingerprint density at radius 3 is 2.67 bits per heavy atom. The first-order valence-electron chi connectivity index (χ1n) is 7.87. The van der Waals surface area contributed by atoms with E-state index in [-0.39, 0.29) is 12.5 Å². The van der Waals surface area contributed by atoms with E-state index < -0.39 is 0 Å². The predicted octanol–water partition coefficient (Wildman–Crippen LogP) is 3.58. The largest absolute Gasteiger partial charge is 0.497 e. The molecule has 0 bridgehead atoms. The number of amides is 1. The maximum Gasteiger partial charge on any atom is 0.238 e. The molecule has 0 aliphatic carbocycles. The van der Waals surface area contributed by atoms with Crippen LogP contribution in [0.1, 0.15) is 5.56 Å². The Bertz CT molecular complexity index is 840. The van der Waals surface area contributed by atoms with Crippen molar-refractivity contribution < 1.29 is 9.53 Å². The molecule has 1 amide bonds. The zero-order chi connectivity index (χ0) is 16.8. The summed E-state index contributed by atoms with van der Waals surface area (Å²) in [6, 6.07) is 21.7. The molecule has 4 heteroatoms. The molecule has 24 heavy (non-hydrogen) atoms. The highest BCUT2D eigenvalue weighted by Crippen LogP contribution is 2.22. The van der Waals surface area contributed by atoms with Gasteiger partial charge >= 0.3 is 0 Å². The fourth-order valence-electron chi connectivity index (χ4n) is 2.63. The zero-order valence-corrected chi connectivity index (χ0v) is 13.6. The van der Waals surface area contributed by atoms with Crippen LogP contribution < -0.4 is 15.4 Å². The molecule has 0 fully saturated rings. The molecule has 0 saturated heterocycles. The molecule has 3 aromatic rings. The maximum absolute atomic E-state index is 12.2. The Hall–Kier alpha value is -2.85. The van der Waals surface area contributed by atoms with Crippen LogP contribution in [0.2, 0.25) is 0 Å². The highest BCUT2D eigenvalue weighted by Gasteiger charge is 2.05. The summed E-state index contributed by atoms with van der Waals surface area (Å²) in [6.45, 7) is 0.862. The van der Waals surface area contributed by atoms with E-state index in [1.807, 2.05) is 66.7 Å². The molecule has 0 atom stereocenters. The minimum atomic E-state index is -0.0609. The third-order valence-electron chi connectivity index (χ3n) is 3.81. The second kappa shape index (κ2) is 7.62. The number of hydrogen-bond donors (Lipinski definition) is 2. The minimum Gasteiger partial charge on any atom is -0.497 e. The summed E-state index contributed by atoms with van der Waals surface area (Å²) in [5, 5.41) is 8.27. The molecule has 122 valence electrons. The molecule has 3 aromatic carbocycles. The molecule has 0 saturated carbocycles. The lowest BCUT2D eigenvalue weighted by Gasteiger charge is -2.10. The number of carbonyl (C=O) groups is 1. The number of benzene rings is 3. The standard InChI is InChI=1S/C20H20N2O2/c1-24-17-9-4-6-15(12-17)13-21-14-20(23)22-19-11-5-8-16-7-2-3-10-18(16)19/h2-12,21H,13-14H2,1H3,(H,22,23). The number of methoxy groups -OCH3 is 1. The Balaban J connectivity index is 1.57. The lowest BCUT2D eigenvalue weighted by molar-refractivity contribution is -0.115. The first-order chi connectivity index (χ1) is 11.8. The zero-order valence-electron chi connectivity index (χ0n) is 13.6. The Kier molecular flexibility index (Phi) is 5.08. The molecule has 0 aromatic heterocycles. The van der Waals surface area contributed by atoms with Crippen LogP contribution in [-0.4, -0.2) is 19.6 Å². The minimum absolute atomic E-state index is 0.0609. The molecule has 0 unspecified atom stereocenters. The second-order valence-corrected chi connectivity index (χ2v) is 5.53. The normalized spacial score (nSPS) is 10.5. The average Bonchev–Trinajstić information content (AvgIpc) is 2.62. The predicted molar refractivity (Wildman–Crippen MR) is 97.3 cm³/mol. The molecule has 0 aliphatic rings. The van der Waals surface area contributed by atoms with Crippen LogP contribution in [0.15, 0.2) is 66.7 Å². The van der Waals surface area contributed by atoms with E-state index in [2.05, 4.69) is 10.6 Å². The average molecular weight is 320 g/mol. The molecule has 0 spiro atoms. The fourth-order valence-corrected chi connectivity index (χ4v) is 2.63. The van der Waals surface area contributed by atoms with Crippen molar-refractivity contribution in [2.45, 2.75) is 6.54 Å². The van der Waals surface area contributed by atoms with Gasteiger partial charge in [0.25, 0.3) is 0 Å². The number of fused-ring (bicyclic) bond motifs is 1.